The molecule has 3 heteroatoms. The molecule has 0 spiro atoms. The molecule has 3 nitrogen and oxygen atoms in total. The van der Waals surface area contributed by atoms with E-state index >= 15 is 0 Å². The van der Waals surface area contributed by atoms with Gasteiger partial charge in [-0.3, -0.25) is 0 Å². The highest BCUT2D eigenvalue weighted by atomic mass is 15.2. The van der Waals surface area contributed by atoms with Crippen LogP contribution in [-0.4, -0.2) is 18.3 Å². The van der Waals surface area contributed by atoms with Crippen LogP contribution in [0.3, 0.4) is 0 Å². The van der Waals surface area contributed by atoms with Gasteiger partial charge in [-0.25, -0.2) is 4.99 Å². The van der Waals surface area contributed by atoms with Gasteiger partial charge in [0.1, 0.15) is 0 Å². The van der Waals surface area contributed by atoms with Gasteiger partial charge in [0, 0.05) is 18.3 Å². The number of aliphatic imine (C=N–C) groups is 1. The van der Waals surface area contributed by atoms with Crippen LogP contribution in [0.25, 0.3) is 0 Å². The molecule has 0 aromatic heterocycles. The van der Waals surface area contributed by atoms with Gasteiger partial charge < -0.3 is 0 Å². The quantitative estimate of drug-likeness (QED) is 0.785. The molecule has 1 heterocycles. The van der Waals surface area contributed by atoms with E-state index in [9.17, 15) is 0 Å². The molecule has 0 aliphatic carbocycles. The van der Waals surface area contributed by atoms with E-state index in [1.165, 1.54) is 5.56 Å². The van der Waals surface area contributed by atoms with Crippen molar-refractivity contribution in [1.82, 2.24) is 0 Å². The lowest BCUT2D eigenvalue weighted by Crippen LogP contribution is -2.10. The second-order valence-electron chi connectivity index (χ2n) is 4.82. The monoisotopic (exact) mass is 253 g/mol. The summed E-state index contributed by atoms with van der Waals surface area (Å²) in [5.41, 5.74) is 2.44. The van der Waals surface area contributed by atoms with E-state index in [4.69, 9.17) is 0 Å². The molecule has 19 heavy (non-hydrogen) atoms. The lowest BCUT2D eigenvalue weighted by atomic mass is 10.0. The number of hydrogen-bond donors (Lipinski definition) is 0. The zero-order valence-corrected chi connectivity index (χ0v) is 11.5. The van der Waals surface area contributed by atoms with Crippen LogP contribution < -0.4 is 0 Å². The average Bonchev–Trinajstić information content (AvgIpc) is 2.42. The molecule has 0 N–H and O–H groups in total. The number of hydrogen-bond acceptors (Lipinski definition) is 3. The Morgan fingerprint density at radius 2 is 1.95 bits per heavy atom. The van der Waals surface area contributed by atoms with Crippen molar-refractivity contribution in [3.63, 3.8) is 0 Å². The summed E-state index contributed by atoms with van der Waals surface area (Å²) in [5.74, 6) is 1.11. The van der Waals surface area contributed by atoms with Gasteiger partial charge in [0.25, 0.3) is 0 Å². The summed E-state index contributed by atoms with van der Waals surface area (Å²) < 4.78 is 0. The highest BCUT2D eigenvalue weighted by molar-refractivity contribution is 5.98. The molecule has 0 saturated heterocycles. The Morgan fingerprint density at radius 1 is 1.16 bits per heavy atom. The first-order valence-corrected chi connectivity index (χ1v) is 6.61. The number of allylic oxidation sites excluding steroid dienone is 2. The summed E-state index contributed by atoms with van der Waals surface area (Å²) in [6.07, 6.45) is 7.53. The predicted molar refractivity (Wildman–Crippen MR) is 82.1 cm³/mol. The van der Waals surface area contributed by atoms with E-state index in [2.05, 4.69) is 46.4 Å². The van der Waals surface area contributed by atoms with Crippen molar-refractivity contribution in [2.45, 2.75) is 26.7 Å². The first-order valence-electron chi connectivity index (χ1n) is 6.61. The second kappa shape index (κ2) is 6.78. The molecule has 1 aromatic carbocycles. The number of benzene rings is 1. The van der Waals surface area contributed by atoms with Crippen molar-refractivity contribution >= 4 is 18.3 Å². The van der Waals surface area contributed by atoms with E-state index in [0.717, 1.165) is 24.3 Å². The fourth-order valence-corrected chi connectivity index (χ4v) is 1.86. The molecule has 1 atom stereocenters. The van der Waals surface area contributed by atoms with Crippen LogP contribution in [0.2, 0.25) is 0 Å². The molecule has 1 unspecified atom stereocenters. The van der Waals surface area contributed by atoms with Crippen LogP contribution in [0.4, 0.5) is 0 Å². The van der Waals surface area contributed by atoms with Gasteiger partial charge in [0.15, 0.2) is 5.84 Å². The third-order valence-electron chi connectivity index (χ3n) is 3.11. The van der Waals surface area contributed by atoms with Crippen molar-refractivity contribution in [2.24, 2.45) is 21.1 Å². The minimum Gasteiger partial charge on any atom is -0.239 e. The summed E-state index contributed by atoms with van der Waals surface area (Å²) in [6, 6.07) is 10.5. The van der Waals surface area contributed by atoms with Crippen molar-refractivity contribution < 1.29 is 0 Å². The van der Waals surface area contributed by atoms with Gasteiger partial charge in [-0.1, -0.05) is 37.3 Å². The average molecular weight is 253 g/mol. The summed E-state index contributed by atoms with van der Waals surface area (Å²) in [7, 11) is 0. The van der Waals surface area contributed by atoms with E-state index in [0.29, 0.717) is 5.92 Å². The summed E-state index contributed by atoms with van der Waals surface area (Å²) in [6.45, 7) is 4.16. The van der Waals surface area contributed by atoms with Crippen molar-refractivity contribution in [2.75, 3.05) is 0 Å². The van der Waals surface area contributed by atoms with Crippen molar-refractivity contribution in [1.29, 1.82) is 0 Å². The van der Waals surface area contributed by atoms with E-state index in [-0.39, 0.29) is 0 Å². The first kappa shape index (κ1) is 13.4. The lowest BCUT2D eigenvalue weighted by Gasteiger charge is -2.10. The van der Waals surface area contributed by atoms with Crippen molar-refractivity contribution in [3.8, 4) is 0 Å². The lowest BCUT2D eigenvalue weighted by molar-refractivity contribution is 0.675. The molecule has 1 aliphatic heterocycles. The largest absolute Gasteiger partial charge is 0.239 e. The fourth-order valence-electron chi connectivity index (χ4n) is 1.86. The van der Waals surface area contributed by atoms with Crippen LogP contribution in [0.15, 0.2) is 57.2 Å². The zero-order chi connectivity index (χ0) is 13.5. The highest BCUT2D eigenvalue weighted by Crippen LogP contribution is 2.13. The Labute approximate surface area is 114 Å². The van der Waals surface area contributed by atoms with E-state index < -0.39 is 0 Å². The molecule has 1 aliphatic rings. The Balaban J connectivity index is 1.96. The highest BCUT2D eigenvalue weighted by Gasteiger charge is 2.10. The Kier molecular flexibility index (Phi) is 4.78. The van der Waals surface area contributed by atoms with E-state index in [1.807, 2.05) is 25.3 Å². The molecule has 0 radical (unpaired) electrons. The predicted octanol–water partition coefficient (Wildman–Crippen LogP) is 3.67. The van der Waals surface area contributed by atoms with Gasteiger partial charge in [-0.2, -0.15) is 5.10 Å². The number of aryl methyl sites for hydroxylation is 1. The van der Waals surface area contributed by atoms with Crippen LogP contribution in [-0.2, 0) is 6.42 Å². The molecule has 2 rings (SSSR count). The minimum absolute atomic E-state index is 0.305. The molecular formula is C16H19N3. The van der Waals surface area contributed by atoms with Crippen LogP contribution in [0, 0.1) is 5.92 Å². The summed E-state index contributed by atoms with van der Waals surface area (Å²) >= 11 is 0. The molecule has 0 fully saturated rings. The van der Waals surface area contributed by atoms with Gasteiger partial charge in [0.05, 0.1) is 0 Å². The first-order chi connectivity index (χ1) is 9.25. The SMILES string of the molecule is CC1=C\C=N\N=C(C(C)CCc2ccccc2)/N=C\1. The van der Waals surface area contributed by atoms with Gasteiger partial charge >= 0.3 is 0 Å². The zero-order valence-electron chi connectivity index (χ0n) is 11.5. The maximum atomic E-state index is 4.42. The van der Waals surface area contributed by atoms with Gasteiger partial charge in [-0.15, -0.1) is 5.10 Å². The van der Waals surface area contributed by atoms with Crippen molar-refractivity contribution in [3.05, 3.63) is 47.5 Å². The molecular weight excluding hydrogens is 234 g/mol. The standard InChI is InChI=1S/C16H19N3/c1-13-10-11-18-19-16(17-12-13)14(2)8-9-15-6-4-3-5-7-15/h3-7,10-12,14H,8-9H2,1-2H3/b11-10?,13-10+,13-12?,17-12-,17-16?,18-11+,19-16-,19-18?. The van der Waals surface area contributed by atoms with Crippen LogP contribution in [0.5, 0.6) is 0 Å². The number of rotatable bonds is 4. The maximum Gasteiger partial charge on any atom is 0.153 e. The van der Waals surface area contributed by atoms with Crippen LogP contribution >= 0.6 is 0 Å². The Bertz CT molecular complexity index is 524. The normalized spacial score (nSPS) is 25.2. The van der Waals surface area contributed by atoms with Crippen LogP contribution in [0.1, 0.15) is 25.8 Å². The summed E-state index contributed by atoms with van der Waals surface area (Å²) in [4.78, 5) is 4.42. The fraction of sp³-hybridized carbons (Fsp3) is 0.312. The topological polar surface area (TPSA) is 37.1 Å². The minimum atomic E-state index is 0.305. The second-order valence-corrected chi connectivity index (χ2v) is 4.82. The third kappa shape index (κ3) is 4.28. The summed E-state index contributed by atoms with van der Waals surface area (Å²) in [5, 5.41) is 8.19. The third-order valence-corrected chi connectivity index (χ3v) is 3.11. The maximum absolute atomic E-state index is 4.42. The molecule has 0 amide bonds. The van der Waals surface area contributed by atoms with E-state index in [1.54, 1.807) is 6.21 Å². The molecule has 98 valence electrons. The molecule has 1 aromatic rings. The smallest absolute Gasteiger partial charge is 0.153 e. The molecule has 0 bridgehead atoms. The van der Waals surface area contributed by atoms with Gasteiger partial charge in [-0.05, 0) is 37.0 Å². The number of amidine groups is 1. The number of nitrogens with zero attached hydrogens (tertiary/aromatic N) is 3. The Hall–Kier alpha value is -2.03. The molecule has 0 saturated carbocycles. The van der Waals surface area contributed by atoms with Gasteiger partial charge in [0.2, 0.25) is 0 Å². The Morgan fingerprint density at radius 3 is 2.74 bits per heavy atom.